The molecule has 1 saturated heterocycles. The Kier molecular flexibility index (Phi) is 6.18. The maximum Gasteiger partial charge on any atom is 0.300 e. The predicted octanol–water partition coefficient (Wildman–Crippen LogP) is 4.89. The summed E-state index contributed by atoms with van der Waals surface area (Å²) in [5.74, 6) is -0.467. The summed E-state index contributed by atoms with van der Waals surface area (Å²) in [7, 11) is 3.10. The van der Waals surface area contributed by atoms with Gasteiger partial charge in [0.05, 0.1) is 25.8 Å². The van der Waals surface area contributed by atoms with E-state index in [9.17, 15) is 14.7 Å². The number of aliphatic hydroxyl groups is 1. The van der Waals surface area contributed by atoms with E-state index < -0.39 is 17.7 Å². The lowest BCUT2D eigenvalue weighted by atomic mass is 9.95. The van der Waals surface area contributed by atoms with Crippen LogP contribution in [0, 0.1) is 0 Å². The second kappa shape index (κ2) is 9.20. The Hall–Kier alpha value is -4.06. The van der Waals surface area contributed by atoms with E-state index in [2.05, 4.69) is 0 Å². The van der Waals surface area contributed by atoms with E-state index in [1.807, 2.05) is 37.3 Å². The van der Waals surface area contributed by atoms with Gasteiger partial charge in [0.15, 0.2) is 0 Å². The van der Waals surface area contributed by atoms with Crippen molar-refractivity contribution in [2.45, 2.75) is 19.4 Å². The summed E-state index contributed by atoms with van der Waals surface area (Å²) in [5, 5.41) is 11.2. The first-order valence-corrected chi connectivity index (χ1v) is 10.7. The zero-order chi connectivity index (χ0) is 23.5. The molecule has 33 heavy (non-hydrogen) atoms. The maximum atomic E-state index is 13.2. The molecular weight excluding hydrogens is 418 g/mol. The van der Waals surface area contributed by atoms with Gasteiger partial charge in [-0.3, -0.25) is 14.5 Å². The molecule has 0 saturated carbocycles. The number of amides is 1. The number of benzene rings is 3. The van der Waals surface area contributed by atoms with Crippen LogP contribution in [0.25, 0.3) is 5.76 Å². The Morgan fingerprint density at radius 2 is 1.58 bits per heavy atom. The number of carbonyl (C=O) groups excluding carboxylic acids is 2. The van der Waals surface area contributed by atoms with Crippen LogP contribution in [0.5, 0.6) is 11.5 Å². The second-order valence-electron chi connectivity index (χ2n) is 7.69. The van der Waals surface area contributed by atoms with Gasteiger partial charge in [-0.05, 0) is 66.1 Å². The highest BCUT2D eigenvalue weighted by Crippen LogP contribution is 2.43. The van der Waals surface area contributed by atoms with Crippen molar-refractivity contribution in [2.24, 2.45) is 0 Å². The monoisotopic (exact) mass is 443 g/mol. The van der Waals surface area contributed by atoms with Crippen molar-refractivity contribution in [3.63, 3.8) is 0 Å². The quantitative estimate of drug-likeness (QED) is 0.333. The minimum absolute atomic E-state index is 0.0259. The fraction of sp³-hybridized carbons (Fsp3) is 0.185. The Morgan fingerprint density at radius 1 is 0.909 bits per heavy atom. The second-order valence-corrected chi connectivity index (χ2v) is 7.69. The predicted molar refractivity (Wildman–Crippen MR) is 127 cm³/mol. The molecule has 168 valence electrons. The Labute approximate surface area is 192 Å². The van der Waals surface area contributed by atoms with Gasteiger partial charge in [0, 0.05) is 11.3 Å². The van der Waals surface area contributed by atoms with Crippen molar-refractivity contribution < 1.29 is 24.2 Å². The molecule has 6 heteroatoms. The van der Waals surface area contributed by atoms with E-state index >= 15 is 0 Å². The van der Waals surface area contributed by atoms with Crippen LogP contribution in [0.4, 0.5) is 5.69 Å². The molecule has 0 spiro atoms. The Morgan fingerprint density at radius 3 is 2.18 bits per heavy atom. The van der Waals surface area contributed by atoms with Gasteiger partial charge in [-0.1, -0.05) is 31.2 Å². The summed E-state index contributed by atoms with van der Waals surface area (Å²) in [4.78, 5) is 27.9. The molecule has 6 nitrogen and oxygen atoms in total. The van der Waals surface area contributed by atoms with Gasteiger partial charge in [-0.25, -0.2) is 0 Å². The van der Waals surface area contributed by atoms with E-state index in [0.717, 1.165) is 12.0 Å². The van der Waals surface area contributed by atoms with Gasteiger partial charge >= 0.3 is 0 Å². The van der Waals surface area contributed by atoms with E-state index in [1.165, 1.54) is 4.90 Å². The molecule has 1 atom stereocenters. The first-order valence-electron chi connectivity index (χ1n) is 10.7. The molecule has 3 aromatic carbocycles. The first kappa shape index (κ1) is 22.1. The number of carbonyl (C=O) groups is 2. The molecule has 1 unspecified atom stereocenters. The van der Waals surface area contributed by atoms with Crippen molar-refractivity contribution in [2.75, 3.05) is 19.1 Å². The van der Waals surface area contributed by atoms with E-state index in [0.29, 0.717) is 28.3 Å². The lowest BCUT2D eigenvalue weighted by Gasteiger charge is -2.26. The molecule has 3 aromatic rings. The molecule has 1 N–H and O–H groups in total. The number of hydrogen-bond acceptors (Lipinski definition) is 5. The summed E-state index contributed by atoms with van der Waals surface area (Å²) in [6, 6.07) is 20.5. The van der Waals surface area contributed by atoms with Crippen LogP contribution in [0.1, 0.15) is 29.7 Å². The van der Waals surface area contributed by atoms with Crippen molar-refractivity contribution in [3.8, 4) is 11.5 Å². The van der Waals surface area contributed by atoms with Gasteiger partial charge < -0.3 is 14.6 Å². The number of ketones is 1. The lowest BCUT2D eigenvalue weighted by molar-refractivity contribution is -0.132. The third-order valence-corrected chi connectivity index (χ3v) is 5.84. The number of methoxy groups -OCH3 is 2. The molecule has 1 heterocycles. The minimum atomic E-state index is -0.810. The Bertz CT molecular complexity index is 1210. The van der Waals surface area contributed by atoms with Crippen LogP contribution < -0.4 is 14.4 Å². The number of ether oxygens (including phenoxy) is 2. The number of rotatable bonds is 6. The molecule has 1 fully saturated rings. The minimum Gasteiger partial charge on any atom is -0.507 e. The van der Waals surface area contributed by atoms with Crippen molar-refractivity contribution >= 4 is 23.1 Å². The topological polar surface area (TPSA) is 76.1 Å². The van der Waals surface area contributed by atoms with Crippen molar-refractivity contribution in [1.82, 2.24) is 0 Å². The number of nitrogens with zero attached hydrogens (tertiary/aromatic N) is 1. The van der Waals surface area contributed by atoms with E-state index in [1.54, 1.807) is 56.7 Å². The smallest absolute Gasteiger partial charge is 0.300 e. The van der Waals surface area contributed by atoms with Gasteiger partial charge in [0.25, 0.3) is 11.7 Å². The Balaban J connectivity index is 1.91. The molecule has 0 radical (unpaired) electrons. The highest BCUT2D eigenvalue weighted by molar-refractivity contribution is 6.51. The summed E-state index contributed by atoms with van der Waals surface area (Å²) >= 11 is 0. The van der Waals surface area contributed by atoms with E-state index in [-0.39, 0.29) is 11.3 Å². The fourth-order valence-electron chi connectivity index (χ4n) is 4.02. The maximum absolute atomic E-state index is 13.2. The molecule has 0 aliphatic carbocycles. The summed E-state index contributed by atoms with van der Waals surface area (Å²) in [6.45, 7) is 2.05. The number of aliphatic hydroxyl groups excluding tert-OH is 1. The highest BCUT2D eigenvalue weighted by Gasteiger charge is 2.47. The standard InChI is InChI=1S/C27H25NO5/c1-4-17-8-12-20(13-9-17)28-24(19-6-5-7-22(16-19)33-3)23(26(30)27(28)31)25(29)18-10-14-21(32-2)15-11-18/h5-16,24,29H,4H2,1-3H3/b25-23-. The molecule has 0 bridgehead atoms. The van der Waals surface area contributed by atoms with Gasteiger partial charge in [0.2, 0.25) is 0 Å². The van der Waals surface area contributed by atoms with Crippen LogP contribution >= 0.6 is 0 Å². The average molecular weight is 443 g/mol. The summed E-state index contributed by atoms with van der Waals surface area (Å²) in [5.41, 5.74) is 2.80. The first-order chi connectivity index (χ1) is 16.0. The fourth-order valence-corrected chi connectivity index (χ4v) is 4.02. The van der Waals surface area contributed by atoms with Crippen molar-refractivity contribution in [1.29, 1.82) is 0 Å². The molecule has 1 amide bonds. The van der Waals surface area contributed by atoms with E-state index in [4.69, 9.17) is 9.47 Å². The summed E-state index contributed by atoms with van der Waals surface area (Å²) in [6.07, 6.45) is 0.857. The molecule has 4 rings (SSSR count). The summed E-state index contributed by atoms with van der Waals surface area (Å²) < 4.78 is 10.5. The van der Waals surface area contributed by atoms with Crippen LogP contribution in [0.15, 0.2) is 78.4 Å². The average Bonchev–Trinajstić information content (AvgIpc) is 3.14. The van der Waals surface area contributed by atoms with Crippen LogP contribution in [-0.4, -0.2) is 31.0 Å². The third kappa shape index (κ3) is 4.07. The number of anilines is 1. The third-order valence-electron chi connectivity index (χ3n) is 5.84. The molecular formula is C27H25NO5. The van der Waals surface area contributed by atoms with Gasteiger partial charge in [0.1, 0.15) is 17.3 Å². The van der Waals surface area contributed by atoms with Crippen molar-refractivity contribution in [3.05, 3.63) is 95.1 Å². The SMILES string of the molecule is CCc1ccc(N2C(=O)C(=O)/C(=C(\O)c3ccc(OC)cc3)C2c2cccc(OC)c2)cc1. The number of aryl methyl sites for hydroxylation is 1. The molecule has 1 aliphatic rings. The zero-order valence-electron chi connectivity index (χ0n) is 18.7. The normalized spacial score (nSPS) is 17.3. The van der Waals surface area contributed by atoms with Crippen LogP contribution in [0.3, 0.4) is 0 Å². The van der Waals surface area contributed by atoms with Gasteiger partial charge in [-0.2, -0.15) is 0 Å². The number of hydrogen-bond donors (Lipinski definition) is 1. The zero-order valence-corrected chi connectivity index (χ0v) is 18.7. The highest BCUT2D eigenvalue weighted by atomic mass is 16.5. The number of Topliss-reactive ketones (excluding diaryl/α,β-unsaturated/α-hetero) is 1. The van der Waals surface area contributed by atoms with Crippen LogP contribution in [-0.2, 0) is 16.0 Å². The lowest BCUT2D eigenvalue weighted by Crippen LogP contribution is -2.29. The molecule has 1 aliphatic heterocycles. The van der Waals surface area contributed by atoms with Crippen LogP contribution in [0.2, 0.25) is 0 Å². The van der Waals surface area contributed by atoms with Gasteiger partial charge in [-0.15, -0.1) is 0 Å². The molecule has 0 aromatic heterocycles. The largest absolute Gasteiger partial charge is 0.507 e.